The third kappa shape index (κ3) is 4.35. The van der Waals surface area contributed by atoms with Gasteiger partial charge in [0.2, 0.25) is 0 Å². The molecule has 1 nitrogen and oxygen atoms in total. The number of benzene rings is 1. The second-order valence-corrected chi connectivity index (χ2v) is 4.68. The van der Waals surface area contributed by atoms with Crippen molar-refractivity contribution in [1.82, 2.24) is 5.32 Å². The summed E-state index contributed by atoms with van der Waals surface area (Å²) in [6.07, 6.45) is 10.2. The highest BCUT2D eigenvalue weighted by Gasteiger charge is 2.12. The van der Waals surface area contributed by atoms with Crippen molar-refractivity contribution in [3.8, 4) is 0 Å². The summed E-state index contributed by atoms with van der Waals surface area (Å²) in [4.78, 5) is 0. The Kier molecular flexibility index (Phi) is 7.03. The summed E-state index contributed by atoms with van der Waals surface area (Å²) >= 11 is 0. The lowest BCUT2D eigenvalue weighted by atomic mass is 9.90. The molecule has 1 aromatic carbocycles. The highest BCUT2D eigenvalue weighted by atomic mass is 14.8. The van der Waals surface area contributed by atoms with Crippen molar-refractivity contribution in [1.29, 1.82) is 0 Å². The van der Waals surface area contributed by atoms with E-state index in [0.717, 1.165) is 11.3 Å². The van der Waals surface area contributed by atoms with Gasteiger partial charge in [0.1, 0.15) is 0 Å². The molecule has 0 aliphatic heterocycles. The first kappa shape index (κ1) is 16.8. The van der Waals surface area contributed by atoms with Crippen LogP contribution in [-0.4, -0.2) is 7.05 Å². The highest BCUT2D eigenvalue weighted by molar-refractivity contribution is 5.86. The van der Waals surface area contributed by atoms with Gasteiger partial charge in [-0.2, -0.15) is 0 Å². The quantitative estimate of drug-likeness (QED) is 0.699. The van der Waals surface area contributed by atoms with E-state index in [1.54, 1.807) is 0 Å². The summed E-state index contributed by atoms with van der Waals surface area (Å²) in [5.41, 5.74) is 5.92. The van der Waals surface area contributed by atoms with Crippen molar-refractivity contribution in [2.45, 2.75) is 20.8 Å². The Morgan fingerprint density at radius 2 is 1.81 bits per heavy atom. The maximum absolute atomic E-state index is 3.83. The number of hydrogen-bond acceptors (Lipinski definition) is 1. The summed E-state index contributed by atoms with van der Waals surface area (Å²) in [5, 5.41) is 3.28. The van der Waals surface area contributed by atoms with Crippen LogP contribution in [0.15, 0.2) is 84.1 Å². The summed E-state index contributed by atoms with van der Waals surface area (Å²) in [7, 11) is 1.96. The minimum atomic E-state index is 1.15. The predicted octanol–water partition coefficient (Wildman–Crippen LogP) is 5.27. The molecular formula is C20H25N. The van der Waals surface area contributed by atoms with Crippen LogP contribution in [0.25, 0.3) is 5.57 Å². The fourth-order valence-electron chi connectivity index (χ4n) is 2.30. The zero-order chi connectivity index (χ0) is 15.7. The standard InChI is InChI=1S/C20H25N/c1-6-12-17(13-7-2)19(8-3)20(16(4)21-5)18-14-10-9-11-15-18/h6-15,21H,1H2,2-5H3/b13-7-,17-12+,19-8-,20-16-. The number of nitrogens with one attached hydrogen (secondary N) is 1. The first-order valence-corrected chi connectivity index (χ1v) is 7.26. The van der Waals surface area contributed by atoms with Gasteiger partial charge in [-0.3, -0.25) is 0 Å². The lowest BCUT2D eigenvalue weighted by molar-refractivity contribution is 0.993. The molecule has 110 valence electrons. The molecule has 0 saturated heterocycles. The van der Waals surface area contributed by atoms with Gasteiger partial charge in [-0.05, 0) is 37.5 Å². The van der Waals surface area contributed by atoms with Crippen LogP contribution >= 0.6 is 0 Å². The zero-order valence-electron chi connectivity index (χ0n) is 13.5. The molecule has 0 spiro atoms. The fraction of sp³-hybridized carbons (Fsp3) is 0.200. The third-order valence-corrected chi connectivity index (χ3v) is 3.33. The Bertz CT molecular complexity index is 584. The molecule has 0 bridgehead atoms. The van der Waals surface area contributed by atoms with Gasteiger partial charge < -0.3 is 5.32 Å². The first-order chi connectivity index (χ1) is 10.2. The van der Waals surface area contributed by atoms with Gasteiger partial charge in [0.05, 0.1) is 0 Å². The number of allylic oxidation sites excluding steroid dienone is 9. The van der Waals surface area contributed by atoms with Crippen LogP contribution in [0, 0.1) is 0 Å². The molecule has 0 amide bonds. The lowest BCUT2D eigenvalue weighted by Crippen LogP contribution is -2.07. The van der Waals surface area contributed by atoms with E-state index in [1.165, 1.54) is 16.7 Å². The van der Waals surface area contributed by atoms with Gasteiger partial charge in [0.25, 0.3) is 0 Å². The Hall–Kier alpha value is -2.28. The summed E-state index contributed by atoms with van der Waals surface area (Å²) < 4.78 is 0. The van der Waals surface area contributed by atoms with Crippen molar-refractivity contribution in [2.24, 2.45) is 0 Å². The maximum Gasteiger partial charge on any atom is 0.0158 e. The molecule has 0 aromatic heterocycles. The maximum atomic E-state index is 3.83. The Morgan fingerprint density at radius 3 is 2.29 bits per heavy atom. The minimum Gasteiger partial charge on any atom is -0.391 e. The highest BCUT2D eigenvalue weighted by Crippen LogP contribution is 2.31. The minimum absolute atomic E-state index is 1.15. The van der Waals surface area contributed by atoms with E-state index in [1.807, 2.05) is 32.2 Å². The first-order valence-electron chi connectivity index (χ1n) is 7.26. The van der Waals surface area contributed by atoms with E-state index in [4.69, 9.17) is 0 Å². The van der Waals surface area contributed by atoms with E-state index in [-0.39, 0.29) is 0 Å². The summed E-state index contributed by atoms with van der Waals surface area (Å²) in [5.74, 6) is 0. The molecule has 0 unspecified atom stereocenters. The van der Waals surface area contributed by atoms with E-state index in [9.17, 15) is 0 Å². The predicted molar refractivity (Wildman–Crippen MR) is 94.9 cm³/mol. The van der Waals surface area contributed by atoms with Crippen LogP contribution in [0.4, 0.5) is 0 Å². The molecule has 0 saturated carbocycles. The van der Waals surface area contributed by atoms with Crippen LogP contribution in [-0.2, 0) is 0 Å². The van der Waals surface area contributed by atoms with Gasteiger partial charge in [-0.1, -0.05) is 67.3 Å². The molecule has 0 aliphatic rings. The fourth-order valence-corrected chi connectivity index (χ4v) is 2.30. The van der Waals surface area contributed by atoms with Gasteiger partial charge in [-0.25, -0.2) is 0 Å². The van der Waals surface area contributed by atoms with Gasteiger partial charge in [0.15, 0.2) is 0 Å². The normalized spacial score (nSPS) is 14.1. The van der Waals surface area contributed by atoms with Crippen molar-refractivity contribution in [2.75, 3.05) is 7.05 Å². The molecule has 0 fully saturated rings. The second-order valence-electron chi connectivity index (χ2n) is 4.68. The monoisotopic (exact) mass is 279 g/mol. The van der Waals surface area contributed by atoms with E-state index >= 15 is 0 Å². The molecule has 0 atom stereocenters. The van der Waals surface area contributed by atoms with Crippen molar-refractivity contribution < 1.29 is 0 Å². The molecule has 0 heterocycles. The largest absolute Gasteiger partial charge is 0.391 e. The molecule has 1 heteroatoms. The molecule has 1 N–H and O–H groups in total. The van der Waals surface area contributed by atoms with E-state index < -0.39 is 0 Å². The van der Waals surface area contributed by atoms with Crippen LogP contribution in [0.1, 0.15) is 26.3 Å². The number of hydrogen-bond donors (Lipinski definition) is 1. The Balaban J connectivity index is 3.52. The smallest absolute Gasteiger partial charge is 0.0158 e. The molecule has 0 aliphatic carbocycles. The Labute approximate surface area is 129 Å². The average Bonchev–Trinajstić information content (AvgIpc) is 2.52. The molecule has 0 radical (unpaired) electrons. The van der Waals surface area contributed by atoms with Crippen LogP contribution in [0.5, 0.6) is 0 Å². The zero-order valence-corrected chi connectivity index (χ0v) is 13.5. The van der Waals surface area contributed by atoms with Gasteiger partial charge in [0, 0.05) is 18.3 Å². The third-order valence-electron chi connectivity index (χ3n) is 3.33. The summed E-state index contributed by atoms with van der Waals surface area (Å²) in [6, 6.07) is 10.5. The topological polar surface area (TPSA) is 12.0 Å². The molecule has 21 heavy (non-hydrogen) atoms. The summed E-state index contributed by atoms with van der Waals surface area (Å²) in [6.45, 7) is 10.0. The number of rotatable bonds is 6. The van der Waals surface area contributed by atoms with Crippen LogP contribution in [0.3, 0.4) is 0 Å². The van der Waals surface area contributed by atoms with Crippen LogP contribution < -0.4 is 5.32 Å². The molecule has 1 aromatic rings. The molecular weight excluding hydrogens is 254 g/mol. The van der Waals surface area contributed by atoms with Crippen LogP contribution in [0.2, 0.25) is 0 Å². The second kappa shape index (κ2) is 8.80. The van der Waals surface area contributed by atoms with E-state index in [2.05, 4.69) is 68.2 Å². The lowest BCUT2D eigenvalue weighted by Gasteiger charge is -2.17. The Morgan fingerprint density at radius 1 is 1.14 bits per heavy atom. The van der Waals surface area contributed by atoms with Gasteiger partial charge in [-0.15, -0.1) is 0 Å². The molecule has 1 rings (SSSR count). The average molecular weight is 279 g/mol. The van der Waals surface area contributed by atoms with Gasteiger partial charge >= 0.3 is 0 Å². The van der Waals surface area contributed by atoms with Crippen molar-refractivity contribution in [3.05, 3.63) is 89.7 Å². The van der Waals surface area contributed by atoms with Crippen molar-refractivity contribution in [3.63, 3.8) is 0 Å². The van der Waals surface area contributed by atoms with Crippen molar-refractivity contribution >= 4 is 5.57 Å². The van der Waals surface area contributed by atoms with E-state index in [0.29, 0.717) is 0 Å². The SMILES string of the molecule is C=C/C=C(\C=C/C)C(=C/C)/C(=C(/C)NC)c1ccccc1.